The van der Waals surface area contributed by atoms with Crippen LogP contribution in [-0.4, -0.2) is 5.78 Å². The zero-order valence-corrected chi connectivity index (χ0v) is 6.52. The largest absolute Gasteiger partial charge is 0.299 e. The Kier molecular flexibility index (Phi) is 2.25. The van der Waals surface area contributed by atoms with Crippen LogP contribution >= 0.6 is 0 Å². The molecule has 1 saturated carbocycles. The Balaban J connectivity index is 2.40. The van der Waals surface area contributed by atoms with Gasteiger partial charge in [-0.3, -0.25) is 4.79 Å². The molecule has 0 aromatic heterocycles. The lowest BCUT2D eigenvalue weighted by atomic mass is 9.99. The molecule has 1 atom stereocenters. The third-order valence-corrected chi connectivity index (χ3v) is 2.03. The maximum Gasteiger partial charge on any atom is 0.136 e. The van der Waals surface area contributed by atoms with Crippen LogP contribution < -0.4 is 0 Å². The number of allylic oxidation sites excluding steroid dienone is 1. The molecular formula is C9H14O. The van der Waals surface area contributed by atoms with E-state index in [1.165, 1.54) is 0 Å². The predicted octanol–water partition coefficient (Wildman–Crippen LogP) is 2.32. The lowest BCUT2D eigenvalue weighted by molar-refractivity contribution is -0.120. The summed E-state index contributed by atoms with van der Waals surface area (Å²) in [5, 5.41) is 0. The van der Waals surface area contributed by atoms with Crippen LogP contribution in [0.15, 0.2) is 12.2 Å². The minimum absolute atomic E-state index is 0.317. The quantitative estimate of drug-likeness (QED) is 0.535. The highest BCUT2D eigenvalue weighted by Gasteiger charge is 2.23. The third kappa shape index (κ3) is 1.69. The maximum atomic E-state index is 11.1. The van der Waals surface area contributed by atoms with Crippen LogP contribution in [0, 0.1) is 5.92 Å². The van der Waals surface area contributed by atoms with E-state index >= 15 is 0 Å². The van der Waals surface area contributed by atoms with Crippen molar-refractivity contribution in [1.29, 1.82) is 0 Å². The van der Waals surface area contributed by atoms with Crippen molar-refractivity contribution in [3.8, 4) is 0 Å². The normalized spacial score (nSPS) is 25.3. The summed E-state index contributed by atoms with van der Waals surface area (Å²) in [7, 11) is 0. The number of hydrogen-bond donors (Lipinski definition) is 0. The Morgan fingerprint density at radius 3 is 2.90 bits per heavy atom. The molecule has 10 heavy (non-hydrogen) atoms. The average Bonchev–Trinajstić information content (AvgIpc) is 2.15. The summed E-state index contributed by atoms with van der Waals surface area (Å²) >= 11 is 0. The molecule has 0 aromatic rings. The van der Waals surface area contributed by atoms with E-state index in [1.807, 2.05) is 6.92 Å². The minimum Gasteiger partial charge on any atom is -0.299 e. The van der Waals surface area contributed by atoms with Crippen LogP contribution in [0.1, 0.15) is 32.6 Å². The molecule has 1 aliphatic rings. The molecule has 0 spiro atoms. The summed E-state index contributed by atoms with van der Waals surface area (Å²) in [4.78, 5) is 11.1. The van der Waals surface area contributed by atoms with Crippen molar-refractivity contribution in [3.05, 3.63) is 12.2 Å². The molecule has 0 aliphatic heterocycles. The van der Waals surface area contributed by atoms with Gasteiger partial charge >= 0.3 is 0 Å². The number of ketones is 1. The molecule has 1 fully saturated rings. The molecule has 0 aromatic carbocycles. The van der Waals surface area contributed by atoms with Gasteiger partial charge in [0.05, 0.1) is 0 Å². The molecule has 0 saturated heterocycles. The van der Waals surface area contributed by atoms with E-state index in [4.69, 9.17) is 0 Å². The van der Waals surface area contributed by atoms with Gasteiger partial charge in [-0.15, -0.1) is 6.58 Å². The first-order chi connectivity index (χ1) is 4.70. The number of carbonyl (C=O) groups excluding carboxylic acids is 1. The van der Waals surface area contributed by atoms with Crippen LogP contribution in [0.25, 0.3) is 0 Å². The first-order valence-corrected chi connectivity index (χ1v) is 3.87. The SMILES string of the molecule is C=C(C)CC1CCCC1=O. The molecule has 0 bridgehead atoms. The van der Waals surface area contributed by atoms with Gasteiger partial charge in [0.1, 0.15) is 5.78 Å². The summed E-state index contributed by atoms with van der Waals surface area (Å²) < 4.78 is 0. The highest BCUT2D eigenvalue weighted by Crippen LogP contribution is 2.26. The second-order valence-corrected chi connectivity index (χ2v) is 3.22. The summed E-state index contributed by atoms with van der Waals surface area (Å²) in [6, 6.07) is 0. The van der Waals surface area contributed by atoms with Crippen LogP contribution in [-0.2, 0) is 4.79 Å². The van der Waals surface area contributed by atoms with Gasteiger partial charge in [0.25, 0.3) is 0 Å². The first kappa shape index (κ1) is 7.52. The van der Waals surface area contributed by atoms with Crippen LogP contribution in [0.4, 0.5) is 0 Å². The van der Waals surface area contributed by atoms with Gasteiger partial charge in [0, 0.05) is 12.3 Å². The average molecular weight is 138 g/mol. The van der Waals surface area contributed by atoms with Gasteiger partial charge in [-0.2, -0.15) is 0 Å². The summed E-state index contributed by atoms with van der Waals surface area (Å²) in [6.07, 6.45) is 3.90. The Morgan fingerprint density at radius 2 is 2.50 bits per heavy atom. The van der Waals surface area contributed by atoms with Crippen LogP contribution in [0.3, 0.4) is 0 Å². The second-order valence-electron chi connectivity index (χ2n) is 3.22. The van der Waals surface area contributed by atoms with E-state index in [0.717, 1.165) is 31.3 Å². The molecular weight excluding hydrogens is 124 g/mol. The van der Waals surface area contributed by atoms with Gasteiger partial charge in [-0.05, 0) is 26.2 Å². The minimum atomic E-state index is 0.317. The van der Waals surface area contributed by atoms with Crippen LogP contribution in [0.2, 0.25) is 0 Å². The zero-order chi connectivity index (χ0) is 7.56. The Hall–Kier alpha value is -0.590. The smallest absolute Gasteiger partial charge is 0.136 e. The summed E-state index contributed by atoms with van der Waals surface area (Å²) in [6.45, 7) is 5.79. The molecule has 56 valence electrons. The number of rotatable bonds is 2. The molecule has 1 unspecified atom stereocenters. The topological polar surface area (TPSA) is 17.1 Å². The van der Waals surface area contributed by atoms with Gasteiger partial charge in [-0.25, -0.2) is 0 Å². The van der Waals surface area contributed by atoms with Crippen molar-refractivity contribution in [3.63, 3.8) is 0 Å². The fourth-order valence-corrected chi connectivity index (χ4v) is 1.52. The third-order valence-electron chi connectivity index (χ3n) is 2.03. The van der Waals surface area contributed by atoms with E-state index < -0.39 is 0 Å². The van der Waals surface area contributed by atoms with Gasteiger partial charge in [0.2, 0.25) is 0 Å². The second kappa shape index (κ2) is 3.00. The van der Waals surface area contributed by atoms with Crippen molar-refractivity contribution in [2.24, 2.45) is 5.92 Å². The zero-order valence-electron chi connectivity index (χ0n) is 6.52. The van der Waals surface area contributed by atoms with Crippen molar-refractivity contribution < 1.29 is 4.79 Å². The van der Waals surface area contributed by atoms with Gasteiger partial charge in [0.15, 0.2) is 0 Å². The standard InChI is InChI=1S/C9H14O/c1-7(2)6-8-4-3-5-9(8)10/h8H,1,3-6H2,2H3. The number of hydrogen-bond acceptors (Lipinski definition) is 1. The lowest BCUT2D eigenvalue weighted by Gasteiger charge is -2.05. The monoisotopic (exact) mass is 138 g/mol. The Labute approximate surface area is 62.1 Å². The summed E-state index contributed by atoms with van der Waals surface area (Å²) in [5.41, 5.74) is 1.14. The van der Waals surface area contributed by atoms with Crippen molar-refractivity contribution in [2.45, 2.75) is 32.6 Å². The molecule has 1 rings (SSSR count). The van der Waals surface area contributed by atoms with E-state index in [2.05, 4.69) is 6.58 Å². The lowest BCUT2D eigenvalue weighted by Crippen LogP contribution is -2.05. The first-order valence-electron chi connectivity index (χ1n) is 3.87. The van der Waals surface area contributed by atoms with Crippen molar-refractivity contribution in [1.82, 2.24) is 0 Å². The number of carbonyl (C=O) groups is 1. The van der Waals surface area contributed by atoms with Gasteiger partial charge in [-0.1, -0.05) is 5.57 Å². The van der Waals surface area contributed by atoms with E-state index in [-0.39, 0.29) is 0 Å². The van der Waals surface area contributed by atoms with E-state index in [9.17, 15) is 4.79 Å². The molecule has 1 nitrogen and oxygen atoms in total. The van der Waals surface area contributed by atoms with Crippen molar-refractivity contribution in [2.75, 3.05) is 0 Å². The predicted molar refractivity (Wildman–Crippen MR) is 41.8 cm³/mol. The molecule has 0 radical (unpaired) electrons. The molecule has 0 N–H and O–H groups in total. The molecule has 0 heterocycles. The summed E-state index contributed by atoms with van der Waals surface area (Å²) in [5.74, 6) is 0.764. The van der Waals surface area contributed by atoms with E-state index in [1.54, 1.807) is 0 Å². The molecule has 1 heteroatoms. The number of Topliss-reactive ketones (excluding diaryl/α,β-unsaturated/α-hetero) is 1. The highest BCUT2D eigenvalue weighted by molar-refractivity contribution is 5.83. The van der Waals surface area contributed by atoms with Crippen molar-refractivity contribution >= 4 is 5.78 Å². The molecule has 0 amide bonds. The maximum absolute atomic E-state index is 11.1. The van der Waals surface area contributed by atoms with E-state index in [0.29, 0.717) is 11.7 Å². The van der Waals surface area contributed by atoms with Crippen LogP contribution in [0.5, 0.6) is 0 Å². The highest BCUT2D eigenvalue weighted by atomic mass is 16.1. The Bertz CT molecular complexity index is 158. The van der Waals surface area contributed by atoms with Gasteiger partial charge < -0.3 is 0 Å². The molecule has 1 aliphatic carbocycles. The fraction of sp³-hybridized carbons (Fsp3) is 0.667. The fourth-order valence-electron chi connectivity index (χ4n) is 1.52. The Morgan fingerprint density at radius 1 is 1.80 bits per heavy atom.